The highest BCUT2D eigenvalue weighted by Crippen LogP contribution is 2.29. The Bertz CT molecular complexity index is 911. The van der Waals surface area contributed by atoms with Crippen LogP contribution in [0.2, 0.25) is 5.02 Å². The van der Waals surface area contributed by atoms with Gasteiger partial charge in [0, 0.05) is 10.6 Å². The standard InChI is InChI=1S/C20H15ClN2O2/c1-3-11-25-19-10-9-16(21)12-15(19)13-18-14(2)22-23(20(18)24)17-7-5-4-6-8-17/h1,4-10,12-13H,11H2,2H3. The summed E-state index contributed by atoms with van der Waals surface area (Å²) in [7, 11) is 0. The van der Waals surface area contributed by atoms with Gasteiger partial charge in [-0.1, -0.05) is 35.7 Å². The Kier molecular flexibility index (Phi) is 4.87. The van der Waals surface area contributed by atoms with E-state index in [2.05, 4.69) is 11.0 Å². The van der Waals surface area contributed by atoms with E-state index >= 15 is 0 Å². The lowest BCUT2D eigenvalue weighted by molar-refractivity contribution is -0.114. The van der Waals surface area contributed by atoms with Crippen LogP contribution in [0.4, 0.5) is 5.69 Å². The number of ether oxygens (including phenoxy) is 1. The van der Waals surface area contributed by atoms with Gasteiger partial charge in [0.25, 0.3) is 5.91 Å². The topological polar surface area (TPSA) is 41.9 Å². The summed E-state index contributed by atoms with van der Waals surface area (Å²) in [5.41, 5.74) is 2.49. The SMILES string of the molecule is C#CCOc1ccc(Cl)cc1C=C1C(=O)N(c2ccccc2)N=C1C. The number of hydrogen-bond acceptors (Lipinski definition) is 3. The maximum Gasteiger partial charge on any atom is 0.280 e. The minimum atomic E-state index is -0.202. The minimum Gasteiger partial charge on any atom is -0.480 e. The van der Waals surface area contributed by atoms with Crippen LogP contribution in [0.15, 0.2) is 59.2 Å². The second kappa shape index (κ2) is 7.25. The van der Waals surface area contributed by atoms with Gasteiger partial charge in [-0.3, -0.25) is 4.79 Å². The lowest BCUT2D eigenvalue weighted by atomic mass is 10.1. The van der Waals surface area contributed by atoms with Crippen molar-refractivity contribution in [2.75, 3.05) is 11.6 Å². The summed E-state index contributed by atoms with van der Waals surface area (Å²) >= 11 is 6.08. The number of amides is 1. The molecule has 0 unspecified atom stereocenters. The fourth-order valence-electron chi connectivity index (χ4n) is 2.47. The molecule has 25 heavy (non-hydrogen) atoms. The van der Waals surface area contributed by atoms with E-state index < -0.39 is 0 Å². The molecule has 1 amide bonds. The number of carbonyl (C=O) groups is 1. The van der Waals surface area contributed by atoms with Crippen molar-refractivity contribution in [3.8, 4) is 18.1 Å². The monoisotopic (exact) mass is 350 g/mol. The van der Waals surface area contributed by atoms with Crippen molar-refractivity contribution in [3.05, 3.63) is 64.7 Å². The Balaban J connectivity index is 1.97. The quantitative estimate of drug-likeness (QED) is 0.613. The molecule has 0 saturated carbocycles. The van der Waals surface area contributed by atoms with E-state index in [9.17, 15) is 4.79 Å². The van der Waals surface area contributed by atoms with E-state index in [0.29, 0.717) is 33.3 Å². The first-order valence-electron chi connectivity index (χ1n) is 7.63. The molecular weight excluding hydrogens is 336 g/mol. The zero-order valence-electron chi connectivity index (χ0n) is 13.6. The number of anilines is 1. The smallest absolute Gasteiger partial charge is 0.280 e. The van der Waals surface area contributed by atoms with Crippen LogP contribution in [0, 0.1) is 12.3 Å². The average Bonchev–Trinajstić information content (AvgIpc) is 2.90. The number of nitrogens with zero attached hydrogens (tertiary/aromatic N) is 2. The Hall–Kier alpha value is -3.03. The van der Waals surface area contributed by atoms with Gasteiger partial charge in [-0.25, -0.2) is 0 Å². The van der Waals surface area contributed by atoms with Gasteiger partial charge in [0.15, 0.2) is 0 Å². The predicted octanol–water partition coefficient (Wildman–Crippen LogP) is 4.16. The minimum absolute atomic E-state index is 0.134. The lowest BCUT2D eigenvalue weighted by Gasteiger charge is -2.11. The van der Waals surface area contributed by atoms with Crippen LogP contribution in [0.1, 0.15) is 12.5 Å². The number of hydrazone groups is 1. The molecule has 0 aliphatic carbocycles. The molecule has 124 valence electrons. The highest BCUT2D eigenvalue weighted by atomic mass is 35.5. The molecule has 5 heteroatoms. The molecule has 4 nitrogen and oxygen atoms in total. The third-order valence-corrected chi connectivity index (χ3v) is 3.88. The van der Waals surface area contributed by atoms with Crippen molar-refractivity contribution >= 4 is 35.0 Å². The molecule has 3 rings (SSSR count). The van der Waals surface area contributed by atoms with Crippen molar-refractivity contribution in [2.45, 2.75) is 6.92 Å². The molecule has 0 aromatic heterocycles. The number of para-hydroxylation sites is 1. The number of hydrogen-bond donors (Lipinski definition) is 0. The first kappa shape index (κ1) is 16.8. The number of halogens is 1. The summed E-state index contributed by atoms with van der Waals surface area (Å²) in [6.07, 6.45) is 6.97. The van der Waals surface area contributed by atoms with Crippen LogP contribution in [0.3, 0.4) is 0 Å². The zero-order chi connectivity index (χ0) is 17.8. The Morgan fingerprint density at radius 1 is 1.28 bits per heavy atom. The Morgan fingerprint density at radius 2 is 2.04 bits per heavy atom. The molecule has 0 saturated heterocycles. The summed E-state index contributed by atoms with van der Waals surface area (Å²) in [6.45, 7) is 1.92. The fraction of sp³-hybridized carbons (Fsp3) is 0.100. The van der Waals surface area contributed by atoms with Crippen LogP contribution in [-0.4, -0.2) is 18.2 Å². The number of terminal acetylenes is 1. The van der Waals surface area contributed by atoms with Crippen LogP contribution in [0.5, 0.6) is 5.75 Å². The molecule has 2 aromatic carbocycles. The highest BCUT2D eigenvalue weighted by Gasteiger charge is 2.28. The molecule has 0 fully saturated rings. The van der Waals surface area contributed by atoms with Crippen molar-refractivity contribution < 1.29 is 9.53 Å². The second-order valence-corrected chi connectivity index (χ2v) is 5.81. The fourth-order valence-corrected chi connectivity index (χ4v) is 2.65. The summed E-state index contributed by atoms with van der Waals surface area (Å²) in [5, 5.41) is 6.28. The summed E-state index contributed by atoms with van der Waals surface area (Å²) in [6, 6.07) is 14.4. The third kappa shape index (κ3) is 3.57. The van der Waals surface area contributed by atoms with Crippen molar-refractivity contribution in [3.63, 3.8) is 0 Å². The summed E-state index contributed by atoms with van der Waals surface area (Å²) < 4.78 is 5.53. The van der Waals surface area contributed by atoms with E-state index in [1.54, 1.807) is 31.2 Å². The molecule has 0 atom stereocenters. The lowest BCUT2D eigenvalue weighted by Crippen LogP contribution is -2.21. The average molecular weight is 351 g/mol. The first-order chi connectivity index (χ1) is 12.1. The molecule has 0 radical (unpaired) electrons. The van der Waals surface area contributed by atoms with Crippen LogP contribution in [-0.2, 0) is 4.79 Å². The second-order valence-electron chi connectivity index (χ2n) is 5.37. The largest absolute Gasteiger partial charge is 0.480 e. The Morgan fingerprint density at radius 3 is 2.76 bits per heavy atom. The normalized spacial score (nSPS) is 15.2. The summed E-state index contributed by atoms with van der Waals surface area (Å²) in [4.78, 5) is 12.8. The molecular formula is C20H15ClN2O2. The van der Waals surface area contributed by atoms with Gasteiger partial charge in [-0.15, -0.1) is 6.42 Å². The van der Waals surface area contributed by atoms with Gasteiger partial charge in [-0.2, -0.15) is 10.1 Å². The van der Waals surface area contributed by atoms with Crippen molar-refractivity contribution in [1.29, 1.82) is 0 Å². The highest BCUT2D eigenvalue weighted by molar-refractivity contribution is 6.33. The van der Waals surface area contributed by atoms with Gasteiger partial charge in [-0.05, 0) is 43.3 Å². The molecule has 1 aliphatic rings. The van der Waals surface area contributed by atoms with E-state index in [0.717, 1.165) is 0 Å². The maximum atomic E-state index is 12.8. The van der Waals surface area contributed by atoms with E-state index in [4.69, 9.17) is 22.8 Å². The molecule has 0 spiro atoms. The van der Waals surface area contributed by atoms with Gasteiger partial charge < -0.3 is 4.74 Å². The Labute approximate surface area is 151 Å². The maximum absolute atomic E-state index is 12.8. The summed E-state index contributed by atoms with van der Waals surface area (Å²) in [5.74, 6) is 2.78. The number of rotatable bonds is 4. The molecule has 1 aliphatic heterocycles. The molecule has 1 heterocycles. The molecule has 2 aromatic rings. The third-order valence-electron chi connectivity index (χ3n) is 3.65. The van der Waals surface area contributed by atoms with Crippen LogP contribution < -0.4 is 9.75 Å². The van der Waals surface area contributed by atoms with Gasteiger partial charge in [0.2, 0.25) is 0 Å². The predicted molar refractivity (Wildman–Crippen MR) is 101 cm³/mol. The van der Waals surface area contributed by atoms with Gasteiger partial charge in [0.1, 0.15) is 12.4 Å². The van der Waals surface area contributed by atoms with E-state index in [1.165, 1.54) is 5.01 Å². The first-order valence-corrected chi connectivity index (χ1v) is 8.00. The molecule has 0 bridgehead atoms. The van der Waals surface area contributed by atoms with Gasteiger partial charge >= 0.3 is 0 Å². The number of benzene rings is 2. The van der Waals surface area contributed by atoms with Crippen molar-refractivity contribution in [1.82, 2.24) is 0 Å². The van der Waals surface area contributed by atoms with Gasteiger partial charge in [0.05, 0.1) is 17.0 Å². The number of carbonyl (C=O) groups excluding carboxylic acids is 1. The van der Waals surface area contributed by atoms with E-state index in [1.807, 2.05) is 30.3 Å². The van der Waals surface area contributed by atoms with Crippen LogP contribution >= 0.6 is 11.6 Å². The zero-order valence-corrected chi connectivity index (χ0v) is 14.3. The van der Waals surface area contributed by atoms with Crippen molar-refractivity contribution in [2.24, 2.45) is 5.10 Å². The van der Waals surface area contributed by atoms with Crippen LogP contribution in [0.25, 0.3) is 6.08 Å². The molecule has 0 N–H and O–H groups in total. The van der Waals surface area contributed by atoms with E-state index in [-0.39, 0.29) is 12.5 Å².